The van der Waals surface area contributed by atoms with Gasteiger partial charge in [0.15, 0.2) is 0 Å². The van der Waals surface area contributed by atoms with E-state index in [0.717, 1.165) is 32.0 Å². The third-order valence-corrected chi connectivity index (χ3v) is 4.49. The van der Waals surface area contributed by atoms with Gasteiger partial charge in [-0.1, -0.05) is 6.92 Å². The second-order valence-electron chi connectivity index (χ2n) is 5.19. The van der Waals surface area contributed by atoms with E-state index in [1.807, 2.05) is 24.3 Å². The lowest BCUT2D eigenvalue weighted by molar-refractivity contribution is 0.0626. The van der Waals surface area contributed by atoms with Crippen molar-refractivity contribution in [1.82, 2.24) is 9.80 Å². The number of hydrogen-bond acceptors (Lipinski definition) is 4. The van der Waals surface area contributed by atoms with Gasteiger partial charge in [-0.15, -0.1) is 0 Å². The summed E-state index contributed by atoms with van der Waals surface area (Å²) in [6.45, 7) is 11.2. The predicted molar refractivity (Wildman–Crippen MR) is 94.0 cm³/mol. The molecule has 2 rings (SSSR count). The highest BCUT2D eigenvalue weighted by Gasteiger charge is 2.14. The molecular formula is C16H25IN2O2. The highest BCUT2D eigenvalue weighted by atomic mass is 127. The number of ether oxygens (including phenoxy) is 2. The SMILES string of the molecule is CCN1CCN(CCOCCOc2ccc(I)cc2)CC1. The number of hydrogen-bond donors (Lipinski definition) is 0. The van der Waals surface area contributed by atoms with Crippen LogP contribution < -0.4 is 4.74 Å². The van der Waals surface area contributed by atoms with E-state index in [1.165, 1.54) is 23.2 Å². The Labute approximate surface area is 141 Å². The molecule has 0 aromatic heterocycles. The van der Waals surface area contributed by atoms with Crippen LogP contribution in [0.3, 0.4) is 0 Å². The first kappa shape index (κ1) is 17.0. The van der Waals surface area contributed by atoms with Crippen LogP contribution in [0.15, 0.2) is 24.3 Å². The molecule has 0 saturated carbocycles. The van der Waals surface area contributed by atoms with E-state index in [-0.39, 0.29) is 0 Å². The average molecular weight is 404 g/mol. The number of likely N-dealkylation sites (N-methyl/N-ethyl adjacent to an activating group) is 1. The van der Waals surface area contributed by atoms with Crippen molar-refractivity contribution in [2.45, 2.75) is 6.92 Å². The molecule has 21 heavy (non-hydrogen) atoms. The normalized spacial score (nSPS) is 17.0. The highest BCUT2D eigenvalue weighted by molar-refractivity contribution is 14.1. The second kappa shape index (κ2) is 9.61. The molecule has 118 valence electrons. The standard InChI is InChI=1S/C16H25IN2O2/c1-2-18-7-9-19(10-8-18)11-12-20-13-14-21-16-5-3-15(17)4-6-16/h3-6H,2,7-14H2,1H3. The first-order valence-corrected chi connectivity index (χ1v) is 8.76. The molecule has 1 heterocycles. The number of nitrogens with zero attached hydrogens (tertiary/aromatic N) is 2. The van der Waals surface area contributed by atoms with Crippen LogP contribution in [0.5, 0.6) is 5.75 Å². The number of halogens is 1. The van der Waals surface area contributed by atoms with Gasteiger partial charge in [-0.3, -0.25) is 4.90 Å². The van der Waals surface area contributed by atoms with Gasteiger partial charge in [-0.25, -0.2) is 0 Å². The fourth-order valence-electron chi connectivity index (χ4n) is 2.37. The summed E-state index contributed by atoms with van der Waals surface area (Å²) in [5.74, 6) is 0.912. The lowest BCUT2D eigenvalue weighted by atomic mass is 10.3. The van der Waals surface area contributed by atoms with Gasteiger partial charge in [0.05, 0.1) is 13.2 Å². The molecule has 5 heteroatoms. The summed E-state index contributed by atoms with van der Waals surface area (Å²) >= 11 is 2.29. The van der Waals surface area contributed by atoms with E-state index in [9.17, 15) is 0 Å². The van der Waals surface area contributed by atoms with Gasteiger partial charge in [0.25, 0.3) is 0 Å². The van der Waals surface area contributed by atoms with E-state index in [1.54, 1.807) is 0 Å². The summed E-state index contributed by atoms with van der Waals surface area (Å²) in [5.41, 5.74) is 0. The average Bonchev–Trinajstić information content (AvgIpc) is 2.53. The van der Waals surface area contributed by atoms with Gasteiger partial charge in [0, 0.05) is 36.3 Å². The molecular weight excluding hydrogens is 379 g/mol. The van der Waals surface area contributed by atoms with Crippen molar-refractivity contribution in [3.05, 3.63) is 27.8 Å². The van der Waals surface area contributed by atoms with Crippen LogP contribution in [0.4, 0.5) is 0 Å². The summed E-state index contributed by atoms with van der Waals surface area (Å²) in [5, 5.41) is 0. The lowest BCUT2D eigenvalue weighted by Gasteiger charge is -2.33. The molecule has 0 unspecified atom stereocenters. The molecule has 0 bridgehead atoms. The van der Waals surface area contributed by atoms with E-state index in [4.69, 9.17) is 9.47 Å². The van der Waals surface area contributed by atoms with Gasteiger partial charge in [0.2, 0.25) is 0 Å². The first-order chi connectivity index (χ1) is 10.3. The van der Waals surface area contributed by atoms with Crippen molar-refractivity contribution in [3.63, 3.8) is 0 Å². The minimum Gasteiger partial charge on any atom is -0.491 e. The molecule has 0 atom stereocenters. The Morgan fingerprint density at radius 1 is 0.952 bits per heavy atom. The Bertz CT molecular complexity index is 392. The first-order valence-electron chi connectivity index (χ1n) is 7.68. The fourth-order valence-corrected chi connectivity index (χ4v) is 2.73. The smallest absolute Gasteiger partial charge is 0.119 e. The second-order valence-corrected chi connectivity index (χ2v) is 6.44. The van der Waals surface area contributed by atoms with Crippen LogP contribution in [0.1, 0.15) is 6.92 Å². The zero-order valence-electron chi connectivity index (χ0n) is 12.8. The highest BCUT2D eigenvalue weighted by Crippen LogP contribution is 2.13. The zero-order valence-corrected chi connectivity index (χ0v) is 14.9. The van der Waals surface area contributed by atoms with Crippen molar-refractivity contribution in [3.8, 4) is 5.75 Å². The monoisotopic (exact) mass is 404 g/mol. The van der Waals surface area contributed by atoms with E-state index in [0.29, 0.717) is 13.2 Å². The van der Waals surface area contributed by atoms with Crippen LogP contribution in [-0.2, 0) is 4.74 Å². The van der Waals surface area contributed by atoms with Gasteiger partial charge < -0.3 is 14.4 Å². The number of benzene rings is 1. The van der Waals surface area contributed by atoms with Gasteiger partial charge in [-0.2, -0.15) is 0 Å². The van der Waals surface area contributed by atoms with Crippen molar-refractivity contribution < 1.29 is 9.47 Å². The zero-order chi connectivity index (χ0) is 14.9. The molecule has 0 N–H and O–H groups in total. The van der Waals surface area contributed by atoms with Crippen LogP contribution in [0.2, 0.25) is 0 Å². The molecule has 1 saturated heterocycles. The van der Waals surface area contributed by atoms with Crippen molar-refractivity contribution in [2.24, 2.45) is 0 Å². The van der Waals surface area contributed by atoms with Gasteiger partial charge >= 0.3 is 0 Å². The summed E-state index contributed by atoms with van der Waals surface area (Å²) in [6, 6.07) is 8.09. The lowest BCUT2D eigenvalue weighted by Crippen LogP contribution is -2.47. The third-order valence-electron chi connectivity index (χ3n) is 3.77. The minimum atomic E-state index is 0.615. The maximum atomic E-state index is 5.65. The molecule has 1 aliphatic rings. The molecule has 0 aliphatic carbocycles. The summed E-state index contributed by atoms with van der Waals surface area (Å²) in [6.07, 6.45) is 0. The Morgan fingerprint density at radius 2 is 1.62 bits per heavy atom. The minimum absolute atomic E-state index is 0.615. The van der Waals surface area contributed by atoms with Gasteiger partial charge in [0.1, 0.15) is 12.4 Å². The van der Waals surface area contributed by atoms with Crippen LogP contribution in [0, 0.1) is 3.57 Å². The Morgan fingerprint density at radius 3 is 2.29 bits per heavy atom. The number of rotatable bonds is 8. The topological polar surface area (TPSA) is 24.9 Å². The largest absolute Gasteiger partial charge is 0.491 e. The molecule has 1 aliphatic heterocycles. The fraction of sp³-hybridized carbons (Fsp3) is 0.625. The Hall–Kier alpha value is -0.370. The van der Waals surface area contributed by atoms with E-state index in [2.05, 4.69) is 39.3 Å². The Balaban J connectivity index is 1.48. The predicted octanol–water partition coefficient (Wildman–Crippen LogP) is 2.32. The summed E-state index contributed by atoms with van der Waals surface area (Å²) in [7, 11) is 0. The van der Waals surface area contributed by atoms with Crippen LogP contribution in [0.25, 0.3) is 0 Å². The maximum Gasteiger partial charge on any atom is 0.119 e. The van der Waals surface area contributed by atoms with Crippen LogP contribution in [-0.4, -0.2) is 68.9 Å². The van der Waals surface area contributed by atoms with Crippen molar-refractivity contribution >= 4 is 22.6 Å². The van der Waals surface area contributed by atoms with Gasteiger partial charge in [-0.05, 0) is 53.4 Å². The molecule has 1 fully saturated rings. The van der Waals surface area contributed by atoms with Crippen molar-refractivity contribution in [2.75, 3.05) is 59.1 Å². The molecule has 0 amide bonds. The summed E-state index contributed by atoms with van der Waals surface area (Å²) < 4.78 is 12.5. The maximum absolute atomic E-state index is 5.65. The molecule has 0 radical (unpaired) electrons. The summed E-state index contributed by atoms with van der Waals surface area (Å²) in [4.78, 5) is 4.97. The Kier molecular flexibility index (Phi) is 7.77. The number of piperazine rings is 1. The third kappa shape index (κ3) is 6.50. The molecule has 1 aromatic carbocycles. The van der Waals surface area contributed by atoms with E-state index >= 15 is 0 Å². The van der Waals surface area contributed by atoms with E-state index < -0.39 is 0 Å². The quantitative estimate of drug-likeness (QED) is 0.491. The van der Waals surface area contributed by atoms with Crippen molar-refractivity contribution in [1.29, 1.82) is 0 Å². The molecule has 4 nitrogen and oxygen atoms in total. The molecule has 0 spiro atoms. The molecule has 1 aromatic rings. The van der Waals surface area contributed by atoms with Crippen LogP contribution >= 0.6 is 22.6 Å².